The van der Waals surface area contributed by atoms with E-state index in [1.807, 2.05) is 37.3 Å². The summed E-state index contributed by atoms with van der Waals surface area (Å²) in [5.74, 6) is -0.764. The Hall–Kier alpha value is -2.92. The van der Waals surface area contributed by atoms with Crippen LogP contribution in [0.25, 0.3) is 17.0 Å². The minimum absolute atomic E-state index is 0.0217. The van der Waals surface area contributed by atoms with Crippen molar-refractivity contribution in [2.75, 3.05) is 0 Å². The molecule has 3 aromatic carbocycles. The van der Waals surface area contributed by atoms with Gasteiger partial charge in [0.05, 0.1) is 0 Å². The second-order valence-electron chi connectivity index (χ2n) is 5.77. The number of aryl methyl sites for hydroxylation is 1. The molecule has 0 unspecified atom stereocenters. The van der Waals surface area contributed by atoms with Gasteiger partial charge in [-0.3, -0.25) is 0 Å². The van der Waals surface area contributed by atoms with Crippen molar-refractivity contribution in [1.29, 1.82) is 0 Å². The molecule has 26 heavy (non-hydrogen) atoms. The molecule has 0 aliphatic carbocycles. The van der Waals surface area contributed by atoms with E-state index in [-0.39, 0.29) is 10.5 Å². The van der Waals surface area contributed by atoms with Crippen LogP contribution in [0.15, 0.2) is 90.0 Å². The van der Waals surface area contributed by atoms with Crippen LogP contribution < -0.4 is 0 Å². The van der Waals surface area contributed by atoms with E-state index in [0.717, 1.165) is 16.7 Å². The summed E-state index contributed by atoms with van der Waals surface area (Å²) >= 11 is 0. The lowest BCUT2D eigenvalue weighted by Gasteiger charge is -2.05. The van der Waals surface area contributed by atoms with Crippen LogP contribution in [0.5, 0.6) is 0 Å². The summed E-state index contributed by atoms with van der Waals surface area (Å²) in [5, 5.41) is 0. The third-order valence-corrected chi connectivity index (χ3v) is 5.05. The second-order valence-corrected chi connectivity index (χ2v) is 7.34. The van der Waals surface area contributed by atoms with E-state index in [4.69, 9.17) is 4.18 Å². The molecule has 0 aromatic heterocycles. The van der Waals surface area contributed by atoms with Gasteiger partial charge in [0, 0.05) is 5.56 Å². The van der Waals surface area contributed by atoms with Gasteiger partial charge in [-0.2, -0.15) is 8.42 Å². The molecule has 5 heteroatoms. The standard InChI is InChI=1S/C21H17FO3S/c1-16-7-13-20(14-8-16)26(23,24)25-15-21(22)19-11-9-18(10-12-19)17-5-3-2-4-6-17/h2-15H,1H3/b21-15-. The van der Waals surface area contributed by atoms with Gasteiger partial charge in [0.2, 0.25) is 0 Å². The fourth-order valence-corrected chi connectivity index (χ4v) is 3.18. The Morgan fingerprint density at radius 2 is 1.42 bits per heavy atom. The van der Waals surface area contributed by atoms with E-state index in [1.165, 1.54) is 12.1 Å². The molecule has 0 radical (unpaired) electrons. The third kappa shape index (κ3) is 4.18. The summed E-state index contributed by atoms with van der Waals surface area (Å²) in [4.78, 5) is -0.0217. The SMILES string of the molecule is Cc1ccc(S(=O)(=O)O/C=C(\F)c2ccc(-c3ccccc3)cc2)cc1. The van der Waals surface area contributed by atoms with E-state index in [9.17, 15) is 12.8 Å². The van der Waals surface area contributed by atoms with Crippen molar-refractivity contribution in [2.24, 2.45) is 0 Å². The highest BCUT2D eigenvalue weighted by atomic mass is 32.2. The normalized spacial score (nSPS) is 12.0. The van der Waals surface area contributed by atoms with Gasteiger partial charge in [-0.1, -0.05) is 72.3 Å². The Bertz CT molecular complexity index is 1010. The molecule has 0 saturated heterocycles. The molecule has 3 rings (SSSR count). The maximum absolute atomic E-state index is 14.3. The van der Waals surface area contributed by atoms with E-state index in [0.29, 0.717) is 6.26 Å². The monoisotopic (exact) mass is 368 g/mol. The highest BCUT2D eigenvalue weighted by Crippen LogP contribution is 2.24. The minimum Gasteiger partial charge on any atom is -0.384 e. The van der Waals surface area contributed by atoms with Crippen LogP contribution >= 0.6 is 0 Å². The zero-order valence-corrected chi connectivity index (χ0v) is 14.9. The van der Waals surface area contributed by atoms with Crippen molar-refractivity contribution >= 4 is 15.9 Å². The lowest BCUT2D eigenvalue weighted by molar-refractivity contribution is 0.439. The Labute approximate surface area is 152 Å². The molecule has 0 fully saturated rings. The third-order valence-electron chi connectivity index (χ3n) is 3.86. The molecule has 0 atom stereocenters. The maximum atomic E-state index is 14.3. The first-order chi connectivity index (χ1) is 12.5. The molecule has 0 aliphatic rings. The average molecular weight is 368 g/mol. The van der Waals surface area contributed by atoms with Crippen molar-refractivity contribution in [3.8, 4) is 11.1 Å². The Balaban J connectivity index is 1.76. The van der Waals surface area contributed by atoms with Crippen LogP contribution in [0.4, 0.5) is 4.39 Å². The predicted molar refractivity (Wildman–Crippen MR) is 100 cm³/mol. The number of benzene rings is 3. The summed E-state index contributed by atoms with van der Waals surface area (Å²) in [6.45, 7) is 1.84. The fraction of sp³-hybridized carbons (Fsp3) is 0.0476. The van der Waals surface area contributed by atoms with E-state index < -0.39 is 15.9 Å². The van der Waals surface area contributed by atoms with Gasteiger partial charge in [-0.25, -0.2) is 4.39 Å². The highest BCUT2D eigenvalue weighted by molar-refractivity contribution is 7.86. The van der Waals surface area contributed by atoms with Crippen LogP contribution in [0.2, 0.25) is 0 Å². The topological polar surface area (TPSA) is 43.4 Å². The summed E-state index contributed by atoms with van der Waals surface area (Å²) in [6.07, 6.45) is 0.618. The lowest BCUT2D eigenvalue weighted by atomic mass is 10.0. The molecule has 0 bridgehead atoms. The minimum atomic E-state index is -4.05. The second kappa shape index (κ2) is 7.54. The van der Waals surface area contributed by atoms with E-state index >= 15 is 0 Å². The molecule has 0 aliphatic heterocycles. The van der Waals surface area contributed by atoms with Crippen molar-refractivity contribution in [1.82, 2.24) is 0 Å². The van der Waals surface area contributed by atoms with Gasteiger partial charge in [-0.15, -0.1) is 0 Å². The Morgan fingerprint density at radius 1 is 0.846 bits per heavy atom. The quantitative estimate of drug-likeness (QED) is 0.451. The lowest BCUT2D eigenvalue weighted by Crippen LogP contribution is -2.02. The zero-order chi connectivity index (χ0) is 18.6. The number of hydrogen-bond donors (Lipinski definition) is 0. The van der Waals surface area contributed by atoms with E-state index in [1.54, 1.807) is 36.4 Å². The smallest absolute Gasteiger partial charge is 0.338 e. The van der Waals surface area contributed by atoms with Crippen LogP contribution in [0, 0.1) is 6.92 Å². The molecule has 0 amide bonds. The molecule has 0 spiro atoms. The molecular weight excluding hydrogens is 351 g/mol. The Kier molecular flexibility index (Phi) is 5.19. The van der Waals surface area contributed by atoms with Gasteiger partial charge in [-0.05, 0) is 30.2 Å². The summed E-state index contributed by atoms with van der Waals surface area (Å²) in [5.41, 5.74) is 3.12. The summed E-state index contributed by atoms with van der Waals surface area (Å²) < 4.78 is 43.1. The highest BCUT2D eigenvalue weighted by Gasteiger charge is 2.15. The van der Waals surface area contributed by atoms with Crippen LogP contribution in [0.3, 0.4) is 0 Å². The Morgan fingerprint density at radius 3 is 2.04 bits per heavy atom. The number of rotatable bonds is 5. The average Bonchev–Trinajstić information content (AvgIpc) is 2.67. The van der Waals surface area contributed by atoms with Gasteiger partial charge in [0.1, 0.15) is 11.2 Å². The fourth-order valence-electron chi connectivity index (χ4n) is 2.39. The molecule has 0 saturated carbocycles. The van der Waals surface area contributed by atoms with Gasteiger partial charge in [0.15, 0.2) is 5.83 Å². The van der Waals surface area contributed by atoms with E-state index in [2.05, 4.69) is 0 Å². The van der Waals surface area contributed by atoms with Crippen LogP contribution in [0.1, 0.15) is 11.1 Å². The van der Waals surface area contributed by atoms with Crippen molar-refractivity contribution in [3.63, 3.8) is 0 Å². The van der Waals surface area contributed by atoms with Crippen molar-refractivity contribution < 1.29 is 17.0 Å². The molecule has 3 aromatic rings. The van der Waals surface area contributed by atoms with Crippen LogP contribution in [-0.2, 0) is 14.3 Å². The van der Waals surface area contributed by atoms with Gasteiger partial charge < -0.3 is 4.18 Å². The predicted octanol–water partition coefficient (Wildman–Crippen LogP) is 5.34. The molecule has 0 N–H and O–H groups in total. The first kappa shape index (κ1) is 17.9. The summed E-state index contributed by atoms with van der Waals surface area (Å²) in [7, 11) is -4.05. The number of halogens is 1. The first-order valence-electron chi connectivity index (χ1n) is 7.97. The van der Waals surface area contributed by atoms with Gasteiger partial charge in [0.25, 0.3) is 0 Å². The molecular formula is C21H17FO3S. The van der Waals surface area contributed by atoms with Crippen molar-refractivity contribution in [3.05, 3.63) is 96.3 Å². The molecule has 3 nitrogen and oxygen atoms in total. The van der Waals surface area contributed by atoms with Crippen molar-refractivity contribution in [2.45, 2.75) is 11.8 Å². The zero-order valence-electron chi connectivity index (χ0n) is 14.1. The molecule has 132 valence electrons. The largest absolute Gasteiger partial charge is 0.384 e. The summed E-state index contributed by atoms with van der Waals surface area (Å²) in [6, 6.07) is 22.5. The van der Waals surface area contributed by atoms with Crippen LogP contribution in [-0.4, -0.2) is 8.42 Å². The first-order valence-corrected chi connectivity index (χ1v) is 9.38. The maximum Gasteiger partial charge on any atom is 0.338 e. The molecule has 0 heterocycles. The van der Waals surface area contributed by atoms with Gasteiger partial charge >= 0.3 is 10.1 Å². The number of hydrogen-bond acceptors (Lipinski definition) is 3.